The van der Waals surface area contributed by atoms with E-state index < -0.39 is 0 Å². The predicted molar refractivity (Wildman–Crippen MR) is 109 cm³/mol. The second-order valence-corrected chi connectivity index (χ2v) is 7.77. The Morgan fingerprint density at radius 1 is 1.14 bits per heavy atom. The molecule has 1 atom stereocenters. The average molecular weight is 378 g/mol. The molecule has 2 aromatic carbocycles. The van der Waals surface area contributed by atoms with Crippen molar-refractivity contribution in [2.75, 3.05) is 12.0 Å². The van der Waals surface area contributed by atoms with Gasteiger partial charge in [-0.3, -0.25) is 9.59 Å². The second kappa shape index (κ2) is 7.66. The van der Waals surface area contributed by atoms with Crippen LogP contribution in [0.1, 0.15) is 47.7 Å². The highest BCUT2D eigenvalue weighted by molar-refractivity contribution is 6.07. The van der Waals surface area contributed by atoms with E-state index in [0.717, 1.165) is 42.7 Å². The standard InChI is InChI=1S/C23H26N2O3/c1-15-12-19-7-6-16(14-24-22(26)17-4-3-5-17)13-21(19)25(15)23(27)18-8-10-20(28-2)11-9-18/h6-11,13,15,17H,3-5,12,14H2,1-2H3,(H,24,26)/t15-/m1/s1. The first-order valence-corrected chi connectivity index (χ1v) is 9.94. The van der Waals surface area contributed by atoms with Crippen LogP contribution in [0.15, 0.2) is 42.5 Å². The summed E-state index contributed by atoms with van der Waals surface area (Å²) in [5.41, 5.74) is 3.78. The summed E-state index contributed by atoms with van der Waals surface area (Å²) in [6.45, 7) is 2.57. The Hall–Kier alpha value is -2.82. The van der Waals surface area contributed by atoms with Crippen molar-refractivity contribution < 1.29 is 14.3 Å². The van der Waals surface area contributed by atoms with Crippen molar-refractivity contribution in [2.45, 2.75) is 45.2 Å². The fraction of sp³-hybridized carbons (Fsp3) is 0.391. The summed E-state index contributed by atoms with van der Waals surface area (Å²) in [4.78, 5) is 27.1. The summed E-state index contributed by atoms with van der Waals surface area (Å²) < 4.78 is 5.18. The van der Waals surface area contributed by atoms with E-state index >= 15 is 0 Å². The van der Waals surface area contributed by atoms with Crippen molar-refractivity contribution in [2.24, 2.45) is 5.92 Å². The molecule has 0 radical (unpaired) electrons. The minimum absolute atomic E-state index is 0.00967. The van der Waals surface area contributed by atoms with Gasteiger partial charge in [0.1, 0.15) is 5.75 Å². The van der Waals surface area contributed by atoms with Crippen LogP contribution in [0.5, 0.6) is 5.75 Å². The largest absolute Gasteiger partial charge is 0.497 e. The van der Waals surface area contributed by atoms with Crippen LogP contribution in [0.25, 0.3) is 0 Å². The van der Waals surface area contributed by atoms with Crippen molar-refractivity contribution in [1.29, 1.82) is 0 Å². The molecule has 5 nitrogen and oxygen atoms in total. The highest BCUT2D eigenvalue weighted by Crippen LogP contribution is 2.34. The van der Waals surface area contributed by atoms with Crippen LogP contribution in [0.3, 0.4) is 0 Å². The molecule has 1 aliphatic heterocycles. The lowest BCUT2D eigenvalue weighted by molar-refractivity contribution is -0.127. The van der Waals surface area contributed by atoms with Crippen LogP contribution in [0.2, 0.25) is 0 Å². The fourth-order valence-electron chi connectivity index (χ4n) is 3.95. The third kappa shape index (κ3) is 3.49. The molecule has 0 bridgehead atoms. The Kier molecular flexibility index (Phi) is 5.07. The van der Waals surface area contributed by atoms with Gasteiger partial charge in [0.05, 0.1) is 7.11 Å². The molecule has 4 rings (SSSR count). The number of amides is 2. The normalized spacial score (nSPS) is 18.4. The maximum atomic E-state index is 13.1. The van der Waals surface area contributed by atoms with Gasteiger partial charge < -0.3 is 15.0 Å². The Balaban J connectivity index is 1.52. The number of carbonyl (C=O) groups is 2. The molecule has 146 valence electrons. The topological polar surface area (TPSA) is 58.6 Å². The fourth-order valence-corrected chi connectivity index (χ4v) is 3.95. The lowest BCUT2D eigenvalue weighted by Gasteiger charge is -2.25. The molecule has 0 saturated heterocycles. The molecule has 2 amide bonds. The van der Waals surface area contributed by atoms with Crippen LogP contribution in [0, 0.1) is 5.92 Å². The molecule has 28 heavy (non-hydrogen) atoms. The van der Waals surface area contributed by atoms with Gasteiger partial charge in [-0.1, -0.05) is 18.6 Å². The minimum Gasteiger partial charge on any atom is -0.497 e. The van der Waals surface area contributed by atoms with Crippen LogP contribution >= 0.6 is 0 Å². The summed E-state index contributed by atoms with van der Waals surface area (Å²) in [7, 11) is 1.61. The molecule has 5 heteroatoms. The molecular formula is C23H26N2O3. The Labute approximate surface area is 165 Å². The van der Waals surface area contributed by atoms with Gasteiger partial charge in [0.25, 0.3) is 5.91 Å². The van der Waals surface area contributed by atoms with Gasteiger partial charge in [-0.05, 0) is 67.6 Å². The molecule has 2 aliphatic rings. The molecular weight excluding hydrogens is 352 g/mol. The van der Waals surface area contributed by atoms with Crippen LogP contribution in [0.4, 0.5) is 5.69 Å². The van der Waals surface area contributed by atoms with Crippen molar-refractivity contribution in [3.05, 3.63) is 59.2 Å². The molecule has 0 unspecified atom stereocenters. The first kappa shape index (κ1) is 18.5. The lowest BCUT2D eigenvalue weighted by Crippen LogP contribution is -2.36. The zero-order chi connectivity index (χ0) is 19.7. The number of fused-ring (bicyclic) bond motifs is 1. The van der Waals surface area contributed by atoms with Crippen molar-refractivity contribution in [3.8, 4) is 5.75 Å². The van der Waals surface area contributed by atoms with Gasteiger partial charge >= 0.3 is 0 Å². The summed E-state index contributed by atoms with van der Waals surface area (Å²) in [6, 6.07) is 13.5. The Morgan fingerprint density at radius 2 is 1.89 bits per heavy atom. The van der Waals surface area contributed by atoms with Crippen LogP contribution in [-0.2, 0) is 17.8 Å². The van der Waals surface area contributed by atoms with Gasteiger partial charge in [-0.2, -0.15) is 0 Å². The number of rotatable bonds is 5. The van der Waals surface area contributed by atoms with E-state index in [2.05, 4.69) is 18.3 Å². The highest BCUT2D eigenvalue weighted by atomic mass is 16.5. The van der Waals surface area contributed by atoms with Gasteiger partial charge in [-0.15, -0.1) is 0 Å². The summed E-state index contributed by atoms with van der Waals surface area (Å²) in [6.07, 6.45) is 3.98. The number of anilines is 1. The van der Waals surface area contributed by atoms with E-state index in [1.807, 2.05) is 17.0 Å². The van der Waals surface area contributed by atoms with Crippen molar-refractivity contribution in [1.82, 2.24) is 5.32 Å². The molecule has 1 fully saturated rings. The Morgan fingerprint density at radius 3 is 2.54 bits per heavy atom. The quantitative estimate of drug-likeness (QED) is 0.863. The van der Waals surface area contributed by atoms with Gasteiger partial charge in [0, 0.05) is 29.8 Å². The monoisotopic (exact) mass is 378 g/mol. The van der Waals surface area contributed by atoms with E-state index in [-0.39, 0.29) is 23.8 Å². The Bertz CT molecular complexity index is 887. The lowest BCUT2D eigenvalue weighted by atomic mass is 9.85. The highest BCUT2D eigenvalue weighted by Gasteiger charge is 2.32. The number of hydrogen-bond donors (Lipinski definition) is 1. The van der Waals surface area contributed by atoms with E-state index in [1.165, 1.54) is 5.56 Å². The predicted octanol–water partition coefficient (Wildman–Crippen LogP) is 3.70. The molecule has 0 spiro atoms. The number of nitrogens with one attached hydrogen (secondary N) is 1. The summed E-state index contributed by atoms with van der Waals surface area (Å²) in [5.74, 6) is 1.05. The first-order chi connectivity index (χ1) is 13.6. The maximum Gasteiger partial charge on any atom is 0.258 e. The van der Waals surface area contributed by atoms with Gasteiger partial charge in [-0.25, -0.2) is 0 Å². The van der Waals surface area contributed by atoms with E-state index in [1.54, 1.807) is 31.4 Å². The van der Waals surface area contributed by atoms with E-state index in [0.29, 0.717) is 12.1 Å². The molecule has 0 aromatic heterocycles. The molecule has 2 aromatic rings. The molecule has 1 saturated carbocycles. The number of ether oxygens (including phenoxy) is 1. The van der Waals surface area contributed by atoms with E-state index in [9.17, 15) is 9.59 Å². The second-order valence-electron chi connectivity index (χ2n) is 7.77. The van der Waals surface area contributed by atoms with Crippen molar-refractivity contribution in [3.63, 3.8) is 0 Å². The zero-order valence-corrected chi connectivity index (χ0v) is 16.4. The third-order valence-corrected chi connectivity index (χ3v) is 5.86. The molecule has 1 N–H and O–H groups in total. The van der Waals surface area contributed by atoms with Crippen LogP contribution < -0.4 is 15.0 Å². The zero-order valence-electron chi connectivity index (χ0n) is 16.4. The number of methoxy groups -OCH3 is 1. The first-order valence-electron chi connectivity index (χ1n) is 9.94. The summed E-state index contributed by atoms with van der Waals surface area (Å²) in [5, 5.41) is 3.04. The van der Waals surface area contributed by atoms with Gasteiger partial charge in [0.15, 0.2) is 0 Å². The number of benzene rings is 2. The number of nitrogens with zero attached hydrogens (tertiary/aromatic N) is 1. The third-order valence-electron chi connectivity index (χ3n) is 5.86. The summed E-state index contributed by atoms with van der Waals surface area (Å²) >= 11 is 0. The van der Waals surface area contributed by atoms with Gasteiger partial charge in [0.2, 0.25) is 5.91 Å². The number of hydrogen-bond acceptors (Lipinski definition) is 3. The van der Waals surface area contributed by atoms with Crippen LogP contribution in [-0.4, -0.2) is 25.0 Å². The van der Waals surface area contributed by atoms with E-state index in [4.69, 9.17) is 4.74 Å². The smallest absolute Gasteiger partial charge is 0.258 e. The molecule has 1 heterocycles. The SMILES string of the molecule is COc1ccc(C(=O)N2c3cc(CNC(=O)C4CCC4)ccc3C[C@H]2C)cc1. The maximum absolute atomic E-state index is 13.1. The minimum atomic E-state index is -0.00967. The number of carbonyl (C=O) groups excluding carboxylic acids is 2. The molecule has 1 aliphatic carbocycles. The average Bonchev–Trinajstić information content (AvgIpc) is 2.99. The van der Waals surface area contributed by atoms with Crippen molar-refractivity contribution >= 4 is 17.5 Å².